The number of aliphatic hydroxyl groups excluding tert-OH is 1. The third-order valence-corrected chi connectivity index (χ3v) is 3.84. The summed E-state index contributed by atoms with van der Waals surface area (Å²) in [4.78, 5) is 6.82. The molecule has 2 N–H and O–H groups in total. The first-order valence-corrected chi connectivity index (χ1v) is 7.23. The molecule has 1 atom stereocenters. The predicted octanol–water partition coefficient (Wildman–Crippen LogP) is 0.569. The molecule has 0 saturated carbocycles. The Morgan fingerprint density at radius 3 is 2.75 bits per heavy atom. The molecule has 1 aromatic heterocycles. The second kappa shape index (κ2) is 6.26. The number of aromatic nitrogens is 2. The number of aliphatic hydroxyl groups is 1. The van der Waals surface area contributed by atoms with E-state index in [4.69, 9.17) is 4.99 Å². The quantitative estimate of drug-likeness (QED) is 0.627. The lowest BCUT2D eigenvalue weighted by Gasteiger charge is -2.20. The molecule has 1 aliphatic heterocycles. The topological polar surface area (TPSA) is 65.7 Å². The molecule has 0 spiro atoms. The molecule has 6 nitrogen and oxygen atoms in total. The Balaban J connectivity index is 2.13. The van der Waals surface area contributed by atoms with Crippen molar-refractivity contribution in [2.45, 2.75) is 39.8 Å². The summed E-state index contributed by atoms with van der Waals surface area (Å²) in [5, 5.41) is 17.4. The van der Waals surface area contributed by atoms with Crippen LogP contribution in [0.4, 0.5) is 0 Å². The van der Waals surface area contributed by atoms with Gasteiger partial charge in [-0.05, 0) is 27.2 Å². The zero-order valence-electron chi connectivity index (χ0n) is 12.8. The van der Waals surface area contributed by atoms with Crippen LogP contribution in [0.5, 0.6) is 0 Å². The lowest BCUT2D eigenvalue weighted by molar-refractivity contribution is 0.188. The minimum Gasteiger partial charge on any atom is -0.391 e. The third-order valence-electron chi connectivity index (χ3n) is 3.84. The number of guanidine groups is 1. The molecule has 0 aromatic carbocycles. The molecule has 1 aromatic rings. The lowest BCUT2D eigenvalue weighted by atomic mass is 10.2. The van der Waals surface area contributed by atoms with E-state index in [1.54, 1.807) is 0 Å². The van der Waals surface area contributed by atoms with E-state index < -0.39 is 0 Å². The molecule has 0 aliphatic carbocycles. The van der Waals surface area contributed by atoms with Gasteiger partial charge in [0.05, 0.1) is 18.3 Å². The molecule has 0 unspecified atom stereocenters. The standard InChI is InChI=1S/C14H25N5O/c1-5-15-14(19-7-6-12(20)9-19)16-8-13-10(2)17-18(4)11(13)3/h12,20H,5-9H2,1-4H3,(H,15,16)/t12-/m1/s1. The maximum absolute atomic E-state index is 9.66. The monoisotopic (exact) mass is 279 g/mol. The summed E-state index contributed by atoms with van der Waals surface area (Å²) in [6, 6.07) is 0. The summed E-state index contributed by atoms with van der Waals surface area (Å²) in [5.74, 6) is 0.881. The number of aliphatic imine (C=N–C) groups is 1. The van der Waals surface area contributed by atoms with Crippen LogP contribution in [0.25, 0.3) is 0 Å². The normalized spacial score (nSPS) is 19.8. The van der Waals surface area contributed by atoms with Gasteiger partial charge in [-0.25, -0.2) is 4.99 Å². The fourth-order valence-corrected chi connectivity index (χ4v) is 2.56. The fourth-order valence-electron chi connectivity index (χ4n) is 2.56. The van der Waals surface area contributed by atoms with Gasteiger partial charge in [0.1, 0.15) is 0 Å². The predicted molar refractivity (Wildman–Crippen MR) is 79.7 cm³/mol. The van der Waals surface area contributed by atoms with E-state index in [-0.39, 0.29) is 6.10 Å². The minimum absolute atomic E-state index is 0.235. The summed E-state index contributed by atoms with van der Waals surface area (Å²) in [7, 11) is 1.96. The molecular weight excluding hydrogens is 254 g/mol. The van der Waals surface area contributed by atoms with Gasteiger partial charge in [-0.3, -0.25) is 4.68 Å². The Hall–Kier alpha value is -1.56. The van der Waals surface area contributed by atoms with E-state index >= 15 is 0 Å². The molecule has 2 heterocycles. The highest BCUT2D eigenvalue weighted by molar-refractivity contribution is 5.80. The molecule has 0 bridgehead atoms. The number of nitrogens with one attached hydrogen (secondary N) is 1. The number of hydrogen-bond acceptors (Lipinski definition) is 3. The van der Waals surface area contributed by atoms with Crippen LogP contribution >= 0.6 is 0 Å². The number of β-amino-alcohol motifs (C(OH)–C–C–N with tert-alkyl or cyclic N) is 1. The van der Waals surface area contributed by atoms with E-state index in [2.05, 4.69) is 29.2 Å². The number of aryl methyl sites for hydroxylation is 2. The Kier molecular flexibility index (Phi) is 4.65. The van der Waals surface area contributed by atoms with E-state index in [9.17, 15) is 5.11 Å². The highest BCUT2D eigenvalue weighted by Crippen LogP contribution is 2.14. The Labute approximate surface area is 120 Å². The van der Waals surface area contributed by atoms with Gasteiger partial charge in [-0.1, -0.05) is 0 Å². The van der Waals surface area contributed by atoms with Gasteiger partial charge in [-0.2, -0.15) is 5.10 Å². The lowest BCUT2D eigenvalue weighted by Crippen LogP contribution is -2.40. The average molecular weight is 279 g/mol. The summed E-state index contributed by atoms with van der Waals surface area (Å²) >= 11 is 0. The van der Waals surface area contributed by atoms with Crippen LogP contribution in [0.2, 0.25) is 0 Å². The van der Waals surface area contributed by atoms with Gasteiger partial charge in [0.25, 0.3) is 0 Å². The van der Waals surface area contributed by atoms with Gasteiger partial charge in [0, 0.05) is 37.9 Å². The van der Waals surface area contributed by atoms with Crippen LogP contribution in [0.3, 0.4) is 0 Å². The van der Waals surface area contributed by atoms with Crippen LogP contribution in [-0.2, 0) is 13.6 Å². The second-order valence-corrected chi connectivity index (χ2v) is 5.33. The molecule has 1 saturated heterocycles. The van der Waals surface area contributed by atoms with Gasteiger partial charge < -0.3 is 15.3 Å². The summed E-state index contributed by atoms with van der Waals surface area (Å²) in [5.41, 5.74) is 3.37. The van der Waals surface area contributed by atoms with Crippen LogP contribution in [0.1, 0.15) is 30.3 Å². The van der Waals surface area contributed by atoms with E-state index in [1.165, 1.54) is 5.56 Å². The molecule has 1 fully saturated rings. The zero-order valence-corrected chi connectivity index (χ0v) is 12.8. The smallest absolute Gasteiger partial charge is 0.194 e. The van der Waals surface area contributed by atoms with Crippen LogP contribution in [0.15, 0.2) is 4.99 Å². The van der Waals surface area contributed by atoms with Gasteiger partial charge in [-0.15, -0.1) is 0 Å². The Morgan fingerprint density at radius 2 is 2.25 bits per heavy atom. The first kappa shape index (κ1) is 14.8. The van der Waals surface area contributed by atoms with E-state index in [1.807, 2.05) is 18.7 Å². The molecule has 2 rings (SSSR count). The molecule has 6 heteroatoms. The molecule has 20 heavy (non-hydrogen) atoms. The van der Waals surface area contributed by atoms with Crippen molar-refractivity contribution in [1.29, 1.82) is 0 Å². The number of hydrogen-bond donors (Lipinski definition) is 2. The van der Waals surface area contributed by atoms with Crippen LogP contribution in [-0.4, -0.2) is 51.5 Å². The van der Waals surface area contributed by atoms with Crippen molar-refractivity contribution in [2.75, 3.05) is 19.6 Å². The summed E-state index contributed by atoms with van der Waals surface area (Å²) in [6.07, 6.45) is 0.579. The van der Waals surface area contributed by atoms with Gasteiger partial charge >= 0.3 is 0 Å². The highest BCUT2D eigenvalue weighted by atomic mass is 16.3. The molecule has 1 aliphatic rings. The number of nitrogens with zero attached hydrogens (tertiary/aromatic N) is 4. The van der Waals surface area contributed by atoms with E-state index in [0.29, 0.717) is 13.1 Å². The summed E-state index contributed by atoms with van der Waals surface area (Å²) in [6.45, 7) is 9.12. The minimum atomic E-state index is -0.235. The van der Waals surface area contributed by atoms with Crippen molar-refractivity contribution in [3.05, 3.63) is 17.0 Å². The van der Waals surface area contributed by atoms with E-state index in [0.717, 1.165) is 36.9 Å². The SMILES string of the molecule is CCNC(=NCc1c(C)nn(C)c1C)N1CC[C@@H](O)C1. The number of likely N-dealkylation sites (tertiary alicyclic amines) is 1. The van der Waals surface area contributed by atoms with Crippen molar-refractivity contribution in [1.82, 2.24) is 20.0 Å². The first-order chi connectivity index (χ1) is 9.52. The zero-order chi connectivity index (χ0) is 14.7. The van der Waals surface area contributed by atoms with Crippen molar-refractivity contribution in [3.63, 3.8) is 0 Å². The Bertz CT molecular complexity index is 494. The Morgan fingerprint density at radius 1 is 1.50 bits per heavy atom. The largest absolute Gasteiger partial charge is 0.391 e. The van der Waals surface area contributed by atoms with Gasteiger partial charge in [0.2, 0.25) is 0 Å². The van der Waals surface area contributed by atoms with Gasteiger partial charge in [0.15, 0.2) is 5.96 Å². The third kappa shape index (κ3) is 3.12. The summed E-state index contributed by atoms with van der Waals surface area (Å²) < 4.78 is 1.90. The first-order valence-electron chi connectivity index (χ1n) is 7.23. The van der Waals surface area contributed by atoms with Crippen LogP contribution in [0, 0.1) is 13.8 Å². The maximum Gasteiger partial charge on any atom is 0.194 e. The maximum atomic E-state index is 9.66. The second-order valence-electron chi connectivity index (χ2n) is 5.33. The number of rotatable bonds is 3. The van der Waals surface area contributed by atoms with Crippen molar-refractivity contribution >= 4 is 5.96 Å². The van der Waals surface area contributed by atoms with Crippen molar-refractivity contribution in [3.8, 4) is 0 Å². The average Bonchev–Trinajstić information content (AvgIpc) is 2.92. The van der Waals surface area contributed by atoms with Crippen molar-refractivity contribution in [2.24, 2.45) is 12.0 Å². The molecular formula is C14H25N5O. The molecule has 0 radical (unpaired) electrons. The van der Waals surface area contributed by atoms with Crippen LogP contribution < -0.4 is 5.32 Å². The molecule has 112 valence electrons. The highest BCUT2D eigenvalue weighted by Gasteiger charge is 2.23. The molecule has 0 amide bonds. The van der Waals surface area contributed by atoms with Crippen molar-refractivity contribution < 1.29 is 5.11 Å². The fraction of sp³-hybridized carbons (Fsp3) is 0.714.